The molecule has 0 saturated carbocycles. The quantitative estimate of drug-likeness (QED) is 0.759. The lowest BCUT2D eigenvalue weighted by atomic mass is 10.0. The molecular formula is C16H23N3O5S. The van der Waals surface area contributed by atoms with Crippen molar-refractivity contribution < 1.29 is 17.6 Å². The van der Waals surface area contributed by atoms with Gasteiger partial charge in [-0.1, -0.05) is 6.92 Å². The van der Waals surface area contributed by atoms with E-state index in [2.05, 4.69) is 10.0 Å². The normalized spacial score (nSPS) is 12.5. The second-order valence-electron chi connectivity index (χ2n) is 6.49. The highest BCUT2D eigenvalue weighted by molar-refractivity contribution is 7.89. The Morgan fingerprint density at radius 3 is 2.64 bits per heavy atom. The van der Waals surface area contributed by atoms with Crippen molar-refractivity contribution >= 4 is 27.0 Å². The first-order valence-corrected chi connectivity index (χ1v) is 9.44. The zero-order valence-corrected chi connectivity index (χ0v) is 15.6. The Bertz CT molecular complexity index is 940. The van der Waals surface area contributed by atoms with Crippen molar-refractivity contribution in [3.05, 3.63) is 28.7 Å². The summed E-state index contributed by atoms with van der Waals surface area (Å²) in [4.78, 5) is 23.3. The topological polar surface area (TPSA) is 110 Å². The van der Waals surface area contributed by atoms with E-state index in [0.717, 1.165) is 6.42 Å². The first-order valence-electron chi connectivity index (χ1n) is 7.96. The molecule has 0 radical (unpaired) electrons. The van der Waals surface area contributed by atoms with Crippen molar-refractivity contribution in [2.24, 2.45) is 7.05 Å². The molecule has 0 unspecified atom stereocenters. The number of amides is 1. The van der Waals surface area contributed by atoms with Crippen LogP contribution in [0.15, 0.2) is 32.3 Å². The number of nitrogens with one attached hydrogen (secondary N) is 2. The zero-order chi connectivity index (χ0) is 18.8. The molecule has 0 aliphatic rings. The SMILES string of the molecule is CCC(C)(C)NC(=O)CCNS(=O)(=O)c1ccc2c(c1)oc(=O)n2C. The van der Waals surface area contributed by atoms with Crippen molar-refractivity contribution in [3.8, 4) is 0 Å². The molecule has 0 spiro atoms. The molecule has 0 fully saturated rings. The van der Waals surface area contributed by atoms with E-state index in [-0.39, 0.29) is 34.9 Å². The maximum atomic E-state index is 12.3. The van der Waals surface area contributed by atoms with E-state index in [1.165, 1.54) is 29.8 Å². The van der Waals surface area contributed by atoms with Crippen molar-refractivity contribution in [2.75, 3.05) is 6.54 Å². The highest BCUT2D eigenvalue weighted by Gasteiger charge is 2.19. The summed E-state index contributed by atoms with van der Waals surface area (Å²) in [6.45, 7) is 5.74. The number of hydrogen-bond donors (Lipinski definition) is 2. The lowest BCUT2D eigenvalue weighted by molar-refractivity contribution is -0.122. The number of aromatic nitrogens is 1. The van der Waals surface area contributed by atoms with Crippen LogP contribution in [0.25, 0.3) is 11.1 Å². The van der Waals surface area contributed by atoms with Gasteiger partial charge in [-0.3, -0.25) is 9.36 Å². The van der Waals surface area contributed by atoms with Gasteiger partial charge in [-0.25, -0.2) is 17.9 Å². The van der Waals surface area contributed by atoms with Gasteiger partial charge in [0.1, 0.15) is 0 Å². The highest BCUT2D eigenvalue weighted by atomic mass is 32.2. The number of sulfonamides is 1. The van der Waals surface area contributed by atoms with Crippen LogP contribution in [-0.2, 0) is 21.9 Å². The number of benzene rings is 1. The van der Waals surface area contributed by atoms with Gasteiger partial charge >= 0.3 is 5.76 Å². The van der Waals surface area contributed by atoms with Crippen LogP contribution in [0.3, 0.4) is 0 Å². The first kappa shape index (κ1) is 19.2. The van der Waals surface area contributed by atoms with Crippen LogP contribution >= 0.6 is 0 Å². The zero-order valence-electron chi connectivity index (χ0n) is 14.8. The molecule has 8 nitrogen and oxygen atoms in total. The molecule has 9 heteroatoms. The molecule has 25 heavy (non-hydrogen) atoms. The predicted octanol–water partition coefficient (Wildman–Crippen LogP) is 1.10. The summed E-state index contributed by atoms with van der Waals surface area (Å²) in [7, 11) is -2.26. The maximum absolute atomic E-state index is 12.3. The second-order valence-corrected chi connectivity index (χ2v) is 8.26. The molecule has 0 aliphatic carbocycles. The third kappa shape index (κ3) is 4.49. The molecule has 0 saturated heterocycles. The summed E-state index contributed by atoms with van der Waals surface area (Å²) in [5.41, 5.74) is 0.370. The largest absolute Gasteiger partial charge is 0.419 e. The number of aryl methyl sites for hydroxylation is 1. The molecule has 2 aromatic rings. The summed E-state index contributed by atoms with van der Waals surface area (Å²) in [6, 6.07) is 4.19. The van der Waals surface area contributed by atoms with Crippen LogP contribution in [0.2, 0.25) is 0 Å². The van der Waals surface area contributed by atoms with Crippen molar-refractivity contribution in [1.29, 1.82) is 0 Å². The number of hydrogen-bond acceptors (Lipinski definition) is 5. The minimum absolute atomic E-state index is 0.0231. The Morgan fingerprint density at radius 2 is 2.00 bits per heavy atom. The molecule has 2 rings (SSSR count). The van der Waals surface area contributed by atoms with Gasteiger partial charge in [0.15, 0.2) is 5.58 Å². The van der Waals surface area contributed by atoms with Crippen molar-refractivity contribution in [3.63, 3.8) is 0 Å². The van der Waals surface area contributed by atoms with E-state index in [1.807, 2.05) is 20.8 Å². The molecule has 0 aliphatic heterocycles. The van der Waals surface area contributed by atoms with Crippen LogP contribution in [0.5, 0.6) is 0 Å². The van der Waals surface area contributed by atoms with Crippen LogP contribution in [-0.4, -0.2) is 31.0 Å². The van der Waals surface area contributed by atoms with E-state index >= 15 is 0 Å². The number of fused-ring (bicyclic) bond motifs is 1. The summed E-state index contributed by atoms with van der Waals surface area (Å²) in [5, 5.41) is 2.84. The van der Waals surface area contributed by atoms with E-state index in [1.54, 1.807) is 0 Å². The summed E-state index contributed by atoms with van der Waals surface area (Å²) < 4.78 is 33.3. The maximum Gasteiger partial charge on any atom is 0.419 e. The Kier molecular flexibility index (Phi) is 5.38. The summed E-state index contributed by atoms with van der Waals surface area (Å²) >= 11 is 0. The monoisotopic (exact) mass is 369 g/mol. The smallest absolute Gasteiger partial charge is 0.408 e. The number of oxazole rings is 1. The Hall–Kier alpha value is -2.13. The van der Waals surface area contributed by atoms with Crippen LogP contribution < -0.4 is 15.8 Å². The highest BCUT2D eigenvalue weighted by Crippen LogP contribution is 2.17. The van der Waals surface area contributed by atoms with Gasteiger partial charge in [0.05, 0.1) is 10.4 Å². The van der Waals surface area contributed by atoms with Crippen molar-refractivity contribution in [2.45, 2.75) is 44.0 Å². The lowest BCUT2D eigenvalue weighted by Crippen LogP contribution is -2.43. The fourth-order valence-corrected chi connectivity index (χ4v) is 3.24. The van der Waals surface area contributed by atoms with E-state index in [4.69, 9.17) is 4.42 Å². The minimum Gasteiger partial charge on any atom is -0.408 e. The number of carbonyl (C=O) groups is 1. The first-order chi connectivity index (χ1) is 11.6. The molecule has 1 heterocycles. The van der Waals surface area contributed by atoms with Crippen LogP contribution in [0, 0.1) is 0 Å². The third-order valence-corrected chi connectivity index (χ3v) is 5.54. The van der Waals surface area contributed by atoms with Crippen molar-refractivity contribution in [1.82, 2.24) is 14.6 Å². The number of rotatable bonds is 7. The molecule has 1 aromatic carbocycles. The van der Waals surface area contributed by atoms with Crippen LogP contribution in [0.4, 0.5) is 0 Å². The Balaban J connectivity index is 2.04. The van der Waals surface area contributed by atoms with E-state index in [9.17, 15) is 18.0 Å². The molecule has 2 N–H and O–H groups in total. The number of carbonyl (C=O) groups excluding carboxylic acids is 1. The predicted molar refractivity (Wildman–Crippen MR) is 93.8 cm³/mol. The third-order valence-electron chi connectivity index (χ3n) is 4.08. The fraction of sp³-hybridized carbons (Fsp3) is 0.500. The van der Waals surface area contributed by atoms with Gasteiger partial charge in [0.25, 0.3) is 0 Å². The molecule has 1 amide bonds. The van der Waals surface area contributed by atoms with E-state index < -0.39 is 15.8 Å². The molecule has 0 bridgehead atoms. The summed E-state index contributed by atoms with van der Waals surface area (Å²) in [5.74, 6) is -0.785. The number of nitrogens with zero attached hydrogens (tertiary/aromatic N) is 1. The average molecular weight is 369 g/mol. The molecule has 138 valence electrons. The van der Waals surface area contributed by atoms with E-state index in [0.29, 0.717) is 5.52 Å². The van der Waals surface area contributed by atoms with Gasteiger partial charge in [0.2, 0.25) is 15.9 Å². The lowest BCUT2D eigenvalue weighted by Gasteiger charge is -2.24. The molecule has 0 atom stereocenters. The van der Waals surface area contributed by atoms with Gasteiger partial charge in [-0.05, 0) is 32.4 Å². The van der Waals surface area contributed by atoms with Gasteiger partial charge in [0, 0.05) is 31.6 Å². The summed E-state index contributed by atoms with van der Waals surface area (Å²) in [6.07, 6.45) is 0.804. The average Bonchev–Trinajstić information content (AvgIpc) is 2.81. The second kappa shape index (κ2) is 7.01. The van der Waals surface area contributed by atoms with Gasteiger partial charge in [-0.15, -0.1) is 0 Å². The fourth-order valence-electron chi connectivity index (χ4n) is 2.19. The Morgan fingerprint density at radius 1 is 1.32 bits per heavy atom. The molecular weight excluding hydrogens is 346 g/mol. The Labute approximate surface area is 146 Å². The van der Waals surface area contributed by atoms with Crippen LogP contribution in [0.1, 0.15) is 33.6 Å². The molecule has 1 aromatic heterocycles. The van der Waals surface area contributed by atoms with Gasteiger partial charge in [-0.2, -0.15) is 0 Å². The minimum atomic E-state index is -3.80. The van der Waals surface area contributed by atoms with Gasteiger partial charge < -0.3 is 9.73 Å². The standard InChI is InChI=1S/C16H23N3O5S/c1-5-16(2,3)18-14(20)8-9-17-25(22,23)11-6-7-12-13(10-11)24-15(21)19(12)4/h6-7,10,17H,5,8-9H2,1-4H3,(H,18,20).